The normalized spacial score (nSPS) is 16.3. The summed E-state index contributed by atoms with van der Waals surface area (Å²) in [5.41, 5.74) is 3.60. The fourth-order valence-corrected chi connectivity index (χ4v) is 4.73. The van der Waals surface area contributed by atoms with Crippen molar-refractivity contribution in [3.8, 4) is 5.82 Å². The average molecular weight is 457 g/mol. The molecule has 1 aliphatic carbocycles. The van der Waals surface area contributed by atoms with Gasteiger partial charge in [0.05, 0.1) is 22.3 Å². The Labute approximate surface area is 196 Å². The van der Waals surface area contributed by atoms with Crippen molar-refractivity contribution in [2.45, 2.75) is 25.7 Å². The monoisotopic (exact) mass is 456 g/mol. The van der Waals surface area contributed by atoms with E-state index >= 15 is 0 Å². The first kappa shape index (κ1) is 20.8. The van der Waals surface area contributed by atoms with E-state index in [0.29, 0.717) is 54.8 Å². The molecule has 7 nitrogen and oxygen atoms in total. The Morgan fingerprint density at radius 1 is 1.03 bits per heavy atom. The summed E-state index contributed by atoms with van der Waals surface area (Å²) in [6, 6.07) is 14.4. The van der Waals surface area contributed by atoms with Gasteiger partial charge in [0.15, 0.2) is 11.5 Å². The molecular formula is C26H25FN6O. The van der Waals surface area contributed by atoms with Crippen molar-refractivity contribution in [3.05, 3.63) is 77.5 Å². The topological polar surface area (TPSA) is 67.2 Å². The fourth-order valence-electron chi connectivity index (χ4n) is 4.73. The highest BCUT2D eigenvalue weighted by Gasteiger charge is 2.31. The molecule has 172 valence electrons. The number of hydrogen-bond acceptors (Lipinski definition) is 5. The highest BCUT2D eigenvalue weighted by atomic mass is 19.1. The minimum Gasteiger partial charge on any atom is -0.366 e. The number of rotatable bonds is 4. The van der Waals surface area contributed by atoms with Crippen LogP contribution in [0.25, 0.3) is 16.9 Å². The molecule has 1 aliphatic heterocycles. The molecule has 0 bridgehead atoms. The number of aromatic nitrogens is 4. The van der Waals surface area contributed by atoms with Crippen LogP contribution in [0, 0.1) is 12.7 Å². The van der Waals surface area contributed by atoms with Crippen LogP contribution in [0.5, 0.6) is 0 Å². The summed E-state index contributed by atoms with van der Waals surface area (Å²) in [7, 11) is 0. The number of carbonyl (C=O) groups excluding carboxylic acids is 1. The molecule has 0 N–H and O–H groups in total. The number of benzene rings is 1. The van der Waals surface area contributed by atoms with Gasteiger partial charge in [-0.05, 0) is 50.1 Å². The van der Waals surface area contributed by atoms with Crippen molar-refractivity contribution in [2.24, 2.45) is 0 Å². The highest BCUT2D eigenvalue weighted by molar-refractivity contribution is 6.07. The first-order chi connectivity index (χ1) is 16.6. The largest absolute Gasteiger partial charge is 0.366 e. The number of anilines is 1. The summed E-state index contributed by atoms with van der Waals surface area (Å²) in [6.45, 7) is 4.14. The molecule has 2 aliphatic rings. The van der Waals surface area contributed by atoms with Crippen molar-refractivity contribution < 1.29 is 9.18 Å². The molecule has 4 heterocycles. The van der Waals surface area contributed by atoms with Crippen molar-refractivity contribution in [2.75, 3.05) is 31.1 Å². The molecule has 4 aromatic rings. The molecule has 34 heavy (non-hydrogen) atoms. The molecule has 0 atom stereocenters. The minimum atomic E-state index is -0.232. The number of fused-ring (bicyclic) bond motifs is 1. The fraction of sp³-hybridized carbons (Fsp3) is 0.308. The lowest BCUT2D eigenvalue weighted by Gasteiger charge is -2.36. The van der Waals surface area contributed by atoms with Gasteiger partial charge in [-0.1, -0.05) is 18.2 Å². The SMILES string of the molecule is Cc1nn(-c2ccccn2)c2nc(C3CC3)cc(C(=O)N3CCN(c4ccccc4F)CC3)c12. The second-order valence-electron chi connectivity index (χ2n) is 8.98. The van der Waals surface area contributed by atoms with Crippen LogP contribution >= 0.6 is 0 Å². The Morgan fingerprint density at radius 3 is 2.50 bits per heavy atom. The van der Waals surface area contributed by atoms with Crippen LogP contribution in [-0.2, 0) is 0 Å². The summed E-state index contributed by atoms with van der Waals surface area (Å²) in [5.74, 6) is 0.815. The number of para-hydroxylation sites is 1. The van der Waals surface area contributed by atoms with Gasteiger partial charge in [-0.3, -0.25) is 4.79 Å². The lowest BCUT2D eigenvalue weighted by Crippen LogP contribution is -2.49. The first-order valence-electron chi connectivity index (χ1n) is 11.7. The number of halogens is 1. The maximum absolute atomic E-state index is 14.2. The third-order valence-electron chi connectivity index (χ3n) is 6.68. The average Bonchev–Trinajstić information content (AvgIpc) is 3.68. The summed E-state index contributed by atoms with van der Waals surface area (Å²) in [5, 5.41) is 5.48. The number of nitrogens with zero attached hydrogens (tertiary/aromatic N) is 6. The standard InChI is InChI=1S/C26H25FN6O/c1-17-24-19(26(34)32-14-12-31(13-15-32)22-7-3-2-6-20(22)27)16-21(18-9-10-18)29-25(24)33(30-17)23-8-4-5-11-28-23/h2-8,11,16,18H,9-10,12-15H2,1H3. The molecule has 8 heteroatoms. The van der Waals surface area contributed by atoms with E-state index in [1.165, 1.54) is 6.07 Å². The van der Waals surface area contributed by atoms with Crippen LogP contribution in [0.4, 0.5) is 10.1 Å². The van der Waals surface area contributed by atoms with Crippen LogP contribution < -0.4 is 4.90 Å². The van der Waals surface area contributed by atoms with Crippen LogP contribution in [0.2, 0.25) is 0 Å². The smallest absolute Gasteiger partial charge is 0.254 e. The minimum absolute atomic E-state index is 0.0221. The first-order valence-corrected chi connectivity index (χ1v) is 11.7. The molecule has 0 unspecified atom stereocenters. The lowest BCUT2D eigenvalue weighted by molar-refractivity contribution is 0.0748. The van der Waals surface area contributed by atoms with E-state index in [1.807, 2.05) is 47.1 Å². The maximum atomic E-state index is 14.2. The Hall–Kier alpha value is -3.81. The van der Waals surface area contributed by atoms with E-state index < -0.39 is 0 Å². The Morgan fingerprint density at radius 2 is 1.79 bits per heavy atom. The van der Waals surface area contributed by atoms with E-state index in [1.54, 1.807) is 23.0 Å². The molecule has 6 rings (SSSR count). The quantitative estimate of drug-likeness (QED) is 0.463. The Kier molecular flexibility index (Phi) is 5.01. The summed E-state index contributed by atoms with van der Waals surface area (Å²) in [6.07, 6.45) is 3.90. The van der Waals surface area contributed by atoms with Gasteiger partial charge in [0.2, 0.25) is 0 Å². The van der Waals surface area contributed by atoms with Gasteiger partial charge in [0.25, 0.3) is 5.91 Å². The summed E-state index contributed by atoms with van der Waals surface area (Å²) >= 11 is 0. The zero-order chi connectivity index (χ0) is 23.2. The summed E-state index contributed by atoms with van der Waals surface area (Å²) in [4.78, 5) is 27.0. The molecular weight excluding hydrogens is 431 g/mol. The van der Waals surface area contributed by atoms with Crippen molar-refractivity contribution in [3.63, 3.8) is 0 Å². The Balaban J connectivity index is 1.35. The van der Waals surface area contributed by atoms with Crippen LogP contribution in [0.1, 0.15) is 40.5 Å². The molecule has 3 aromatic heterocycles. The predicted octanol–water partition coefficient (Wildman–Crippen LogP) is 4.10. The van der Waals surface area contributed by atoms with E-state index in [-0.39, 0.29) is 11.7 Å². The molecule has 1 saturated carbocycles. The van der Waals surface area contributed by atoms with Gasteiger partial charge in [-0.25, -0.2) is 14.4 Å². The van der Waals surface area contributed by atoms with Gasteiger partial charge in [-0.2, -0.15) is 9.78 Å². The molecule has 1 saturated heterocycles. The Bertz CT molecular complexity index is 1370. The number of amides is 1. The molecule has 1 amide bonds. The second-order valence-corrected chi connectivity index (χ2v) is 8.98. The van der Waals surface area contributed by atoms with E-state index in [0.717, 1.165) is 29.6 Å². The molecule has 2 fully saturated rings. The van der Waals surface area contributed by atoms with Crippen molar-refractivity contribution >= 4 is 22.6 Å². The van der Waals surface area contributed by atoms with E-state index in [2.05, 4.69) is 4.98 Å². The second kappa shape index (κ2) is 8.20. The van der Waals surface area contributed by atoms with E-state index in [9.17, 15) is 9.18 Å². The van der Waals surface area contributed by atoms with Crippen LogP contribution in [0.3, 0.4) is 0 Å². The summed E-state index contributed by atoms with van der Waals surface area (Å²) < 4.78 is 16.0. The number of carbonyl (C=O) groups is 1. The van der Waals surface area contributed by atoms with Crippen molar-refractivity contribution in [1.82, 2.24) is 24.6 Å². The van der Waals surface area contributed by atoms with Crippen LogP contribution in [-0.4, -0.2) is 56.7 Å². The van der Waals surface area contributed by atoms with E-state index in [4.69, 9.17) is 10.1 Å². The van der Waals surface area contributed by atoms with Gasteiger partial charge in [0, 0.05) is 44.0 Å². The lowest BCUT2D eigenvalue weighted by atomic mass is 10.1. The van der Waals surface area contributed by atoms with Gasteiger partial charge >= 0.3 is 0 Å². The number of pyridine rings is 2. The number of aryl methyl sites for hydroxylation is 1. The van der Waals surface area contributed by atoms with Crippen molar-refractivity contribution in [1.29, 1.82) is 0 Å². The number of piperazine rings is 1. The van der Waals surface area contributed by atoms with Gasteiger partial charge in [0.1, 0.15) is 5.82 Å². The molecule has 0 spiro atoms. The van der Waals surface area contributed by atoms with Gasteiger partial charge in [-0.15, -0.1) is 0 Å². The molecule has 1 aromatic carbocycles. The molecule has 0 radical (unpaired) electrons. The maximum Gasteiger partial charge on any atom is 0.254 e. The third-order valence-corrected chi connectivity index (χ3v) is 6.68. The third kappa shape index (κ3) is 3.59. The highest BCUT2D eigenvalue weighted by Crippen LogP contribution is 2.41. The zero-order valence-corrected chi connectivity index (χ0v) is 19.0. The number of hydrogen-bond donors (Lipinski definition) is 0. The predicted molar refractivity (Wildman–Crippen MR) is 128 cm³/mol. The van der Waals surface area contributed by atoms with Crippen LogP contribution in [0.15, 0.2) is 54.7 Å². The van der Waals surface area contributed by atoms with Gasteiger partial charge < -0.3 is 9.80 Å². The zero-order valence-electron chi connectivity index (χ0n) is 19.0.